The van der Waals surface area contributed by atoms with Gasteiger partial charge >= 0.3 is 5.97 Å². The number of aromatic hydroxyl groups is 2. The first kappa shape index (κ1) is 29.4. The van der Waals surface area contributed by atoms with Gasteiger partial charge in [-0.25, -0.2) is 4.79 Å². The topological polar surface area (TPSA) is 177 Å². The van der Waals surface area contributed by atoms with Crippen LogP contribution in [0.3, 0.4) is 0 Å². The van der Waals surface area contributed by atoms with Crippen molar-refractivity contribution in [2.24, 2.45) is 5.92 Å². The third kappa shape index (κ3) is 8.71. The number of phenols is 2. The first-order chi connectivity index (χ1) is 18.5. The molecule has 0 aliphatic carbocycles. The van der Waals surface area contributed by atoms with Gasteiger partial charge < -0.3 is 36.6 Å². The van der Waals surface area contributed by atoms with Crippen molar-refractivity contribution in [2.75, 3.05) is 6.54 Å². The molecule has 7 N–H and O–H groups in total. The second-order valence-corrected chi connectivity index (χ2v) is 10.1. The van der Waals surface area contributed by atoms with Crippen LogP contribution in [-0.2, 0) is 32.0 Å². The van der Waals surface area contributed by atoms with E-state index in [1.165, 1.54) is 24.3 Å². The molecule has 3 rings (SSSR count). The van der Waals surface area contributed by atoms with Crippen LogP contribution in [0.1, 0.15) is 37.8 Å². The van der Waals surface area contributed by atoms with E-state index >= 15 is 0 Å². The number of aliphatic carboxylic acids is 1. The fourth-order valence-corrected chi connectivity index (χ4v) is 4.37. The Labute approximate surface area is 227 Å². The standard InChI is InChI=1S/C28H36N4O7/c1-16(2)24(28(38)39)32-27(37)23(15-18-7-11-20(34)12-8-18)31-26(36)22(14-17-5-9-19(33)10-6-17)30-25(35)21-4-3-13-29-21/h5-12,16,21-24,29,33-34H,3-4,13-15H2,1-2H3,(H,30,35)(H,31,36)(H,32,37)(H,38,39). The first-order valence-electron chi connectivity index (χ1n) is 13.0. The molecule has 0 saturated carbocycles. The highest BCUT2D eigenvalue weighted by Gasteiger charge is 2.32. The first-order valence-corrected chi connectivity index (χ1v) is 13.0. The molecule has 2 aromatic rings. The van der Waals surface area contributed by atoms with Crippen molar-refractivity contribution < 1.29 is 34.5 Å². The molecule has 4 atom stereocenters. The van der Waals surface area contributed by atoms with Crippen molar-refractivity contribution in [2.45, 2.75) is 63.7 Å². The number of rotatable bonds is 12. The maximum atomic E-state index is 13.5. The molecule has 11 heteroatoms. The number of phenolic OH excluding ortho intramolecular Hbond substituents is 2. The van der Waals surface area contributed by atoms with Crippen LogP contribution in [-0.4, -0.2) is 69.7 Å². The molecule has 4 unspecified atom stereocenters. The number of nitrogens with one attached hydrogen (secondary N) is 4. The fraction of sp³-hybridized carbons (Fsp3) is 0.429. The molecule has 0 bridgehead atoms. The number of carbonyl (C=O) groups excluding carboxylic acids is 3. The second kappa shape index (κ2) is 13.6. The minimum atomic E-state index is -1.20. The molecular weight excluding hydrogens is 504 g/mol. The second-order valence-electron chi connectivity index (χ2n) is 10.1. The number of carboxylic acid groups (broad SMARTS) is 1. The number of amides is 3. The van der Waals surface area contributed by atoms with Gasteiger partial charge in [-0.15, -0.1) is 0 Å². The van der Waals surface area contributed by atoms with E-state index in [2.05, 4.69) is 21.3 Å². The Morgan fingerprint density at radius 2 is 1.31 bits per heavy atom. The highest BCUT2D eigenvalue weighted by atomic mass is 16.4. The summed E-state index contributed by atoms with van der Waals surface area (Å²) < 4.78 is 0. The summed E-state index contributed by atoms with van der Waals surface area (Å²) in [5.74, 6) is -3.16. The van der Waals surface area contributed by atoms with Crippen molar-refractivity contribution >= 4 is 23.7 Å². The van der Waals surface area contributed by atoms with Crippen LogP contribution in [0.15, 0.2) is 48.5 Å². The van der Waals surface area contributed by atoms with Crippen molar-refractivity contribution in [1.82, 2.24) is 21.3 Å². The van der Waals surface area contributed by atoms with Crippen molar-refractivity contribution in [3.63, 3.8) is 0 Å². The normalized spacial score (nSPS) is 17.2. The molecule has 1 heterocycles. The van der Waals surface area contributed by atoms with Gasteiger partial charge in [0.25, 0.3) is 0 Å². The zero-order valence-corrected chi connectivity index (χ0v) is 22.0. The summed E-state index contributed by atoms with van der Waals surface area (Å²) in [6.07, 6.45) is 1.59. The van der Waals surface area contributed by atoms with Crippen molar-refractivity contribution in [3.05, 3.63) is 59.7 Å². The van der Waals surface area contributed by atoms with Crippen LogP contribution in [0.5, 0.6) is 11.5 Å². The number of carbonyl (C=O) groups is 4. The van der Waals surface area contributed by atoms with Crippen LogP contribution in [0, 0.1) is 5.92 Å². The van der Waals surface area contributed by atoms with Crippen LogP contribution in [0.2, 0.25) is 0 Å². The SMILES string of the molecule is CC(C)C(NC(=O)C(Cc1ccc(O)cc1)NC(=O)C(Cc1ccc(O)cc1)NC(=O)C1CCCN1)C(=O)O. The van der Waals surface area contributed by atoms with Gasteiger partial charge in [-0.1, -0.05) is 38.1 Å². The van der Waals surface area contributed by atoms with E-state index in [1.54, 1.807) is 38.1 Å². The number of benzene rings is 2. The Morgan fingerprint density at radius 3 is 1.74 bits per heavy atom. The highest BCUT2D eigenvalue weighted by molar-refractivity contribution is 5.94. The fourth-order valence-electron chi connectivity index (χ4n) is 4.37. The lowest BCUT2D eigenvalue weighted by Crippen LogP contribution is -2.58. The maximum Gasteiger partial charge on any atom is 0.326 e. The summed E-state index contributed by atoms with van der Waals surface area (Å²) in [7, 11) is 0. The largest absolute Gasteiger partial charge is 0.508 e. The maximum absolute atomic E-state index is 13.5. The molecule has 0 aromatic heterocycles. The lowest BCUT2D eigenvalue weighted by atomic mass is 10.00. The van der Waals surface area contributed by atoms with Gasteiger partial charge in [0.2, 0.25) is 17.7 Å². The molecular formula is C28H36N4O7. The number of carboxylic acids is 1. The Balaban J connectivity index is 1.84. The molecule has 1 aliphatic heterocycles. The van der Waals surface area contributed by atoms with Gasteiger partial charge in [-0.05, 0) is 60.7 Å². The Kier molecular flexibility index (Phi) is 10.3. The summed E-state index contributed by atoms with van der Waals surface area (Å²) in [6, 6.07) is 8.51. The van der Waals surface area contributed by atoms with E-state index in [0.29, 0.717) is 24.1 Å². The van der Waals surface area contributed by atoms with E-state index < -0.39 is 47.9 Å². The Hall–Kier alpha value is -4.12. The lowest BCUT2D eigenvalue weighted by molar-refractivity contribution is -0.143. The molecule has 39 heavy (non-hydrogen) atoms. The third-order valence-corrected chi connectivity index (χ3v) is 6.63. The van der Waals surface area contributed by atoms with Gasteiger partial charge in [0.15, 0.2) is 0 Å². The minimum Gasteiger partial charge on any atom is -0.508 e. The smallest absolute Gasteiger partial charge is 0.326 e. The van der Waals surface area contributed by atoms with E-state index in [0.717, 1.165) is 6.42 Å². The predicted octanol–water partition coefficient (Wildman–Crippen LogP) is 0.830. The van der Waals surface area contributed by atoms with Crippen LogP contribution >= 0.6 is 0 Å². The Morgan fingerprint density at radius 1 is 0.821 bits per heavy atom. The molecule has 2 aromatic carbocycles. The third-order valence-electron chi connectivity index (χ3n) is 6.63. The van der Waals surface area contributed by atoms with Gasteiger partial charge in [-0.3, -0.25) is 14.4 Å². The van der Waals surface area contributed by atoms with E-state index in [-0.39, 0.29) is 30.2 Å². The van der Waals surface area contributed by atoms with E-state index in [1.807, 2.05) is 0 Å². The summed E-state index contributed by atoms with van der Waals surface area (Å²) in [4.78, 5) is 51.4. The van der Waals surface area contributed by atoms with Crippen molar-refractivity contribution in [3.8, 4) is 11.5 Å². The molecule has 210 valence electrons. The monoisotopic (exact) mass is 540 g/mol. The average molecular weight is 541 g/mol. The quantitative estimate of drug-likeness (QED) is 0.207. The summed E-state index contributed by atoms with van der Waals surface area (Å²) in [6.45, 7) is 4.02. The average Bonchev–Trinajstić information content (AvgIpc) is 3.43. The van der Waals surface area contributed by atoms with Crippen LogP contribution < -0.4 is 21.3 Å². The molecule has 1 saturated heterocycles. The summed E-state index contributed by atoms with van der Waals surface area (Å²) in [5.41, 5.74) is 1.30. The predicted molar refractivity (Wildman–Crippen MR) is 143 cm³/mol. The summed E-state index contributed by atoms with van der Waals surface area (Å²) >= 11 is 0. The molecule has 3 amide bonds. The molecule has 0 spiro atoms. The van der Waals surface area contributed by atoms with Crippen LogP contribution in [0.4, 0.5) is 0 Å². The van der Waals surface area contributed by atoms with Crippen LogP contribution in [0.25, 0.3) is 0 Å². The van der Waals surface area contributed by atoms with Crippen molar-refractivity contribution in [1.29, 1.82) is 0 Å². The number of hydrogen-bond donors (Lipinski definition) is 7. The van der Waals surface area contributed by atoms with E-state index in [9.17, 15) is 34.5 Å². The molecule has 1 fully saturated rings. The zero-order valence-electron chi connectivity index (χ0n) is 22.0. The molecule has 0 radical (unpaired) electrons. The lowest BCUT2D eigenvalue weighted by Gasteiger charge is -2.26. The van der Waals surface area contributed by atoms with Gasteiger partial charge in [0.05, 0.1) is 6.04 Å². The van der Waals surface area contributed by atoms with Gasteiger partial charge in [0, 0.05) is 12.8 Å². The Bertz CT molecular complexity index is 1150. The zero-order chi connectivity index (χ0) is 28.5. The molecule has 11 nitrogen and oxygen atoms in total. The van der Waals surface area contributed by atoms with Gasteiger partial charge in [-0.2, -0.15) is 0 Å². The molecule has 1 aliphatic rings. The highest BCUT2D eigenvalue weighted by Crippen LogP contribution is 2.15. The number of hydrogen-bond acceptors (Lipinski definition) is 7. The summed E-state index contributed by atoms with van der Waals surface area (Å²) in [5, 5.41) is 39.9. The minimum absolute atomic E-state index is 0.0202. The van der Waals surface area contributed by atoms with E-state index in [4.69, 9.17) is 0 Å². The van der Waals surface area contributed by atoms with Gasteiger partial charge in [0.1, 0.15) is 29.6 Å².